The fourth-order valence-electron chi connectivity index (χ4n) is 3.65. The van der Waals surface area contributed by atoms with Crippen molar-refractivity contribution in [2.75, 3.05) is 32.1 Å². The SMILES string of the molecule is CCOc1ccc(-c2csc(NC(=O)c3ccc(S(=O)(=O)N(C)CC4CCCO4)cc3)n2)cc1. The van der Waals surface area contributed by atoms with Crippen LogP contribution >= 0.6 is 11.3 Å². The predicted octanol–water partition coefficient (Wildman–Crippen LogP) is 4.26. The highest BCUT2D eigenvalue weighted by Crippen LogP contribution is 2.27. The minimum Gasteiger partial charge on any atom is -0.494 e. The lowest BCUT2D eigenvalue weighted by Crippen LogP contribution is -2.34. The van der Waals surface area contributed by atoms with Crippen LogP contribution in [0.4, 0.5) is 5.13 Å². The standard InChI is InChI=1S/C24H27N3O5S2/c1-3-31-19-10-6-17(7-11-19)22-16-33-24(25-22)26-23(28)18-8-12-21(13-9-18)34(29,30)27(2)15-20-5-4-14-32-20/h6-13,16,20H,3-5,14-15H2,1-2H3,(H,25,26,28). The van der Waals surface area contributed by atoms with Crippen LogP contribution in [-0.4, -0.2) is 56.5 Å². The molecule has 4 rings (SSSR count). The van der Waals surface area contributed by atoms with E-state index in [0.29, 0.717) is 30.5 Å². The van der Waals surface area contributed by atoms with Crippen LogP contribution in [0.15, 0.2) is 58.8 Å². The van der Waals surface area contributed by atoms with Crippen molar-refractivity contribution in [3.8, 4) is 17.0 Å². The molecular weight excluding hydrogens is 474 g/mol. The lowest BCUT2D eigenvalue weighted by molar-refractivity contribution is 0.0979. The molecule has 0 spiro atoms. The van der Waals surface area contributed by atoms with Crippen LogP contribution in [0.25, 0.3) is 11.3 Å². The van der Waals surface area contributed by atoms with Crippen molar-refractivity contribution in [1.29, 1.82) is 0 Å². The number of aromatic nitrogens is 1. The molecule has 1 aliphatic heterocycles. The van der Waals surface area contributed by atoms with Gasteiger partial charge in [0.2, 0.25) is 10.0 Å². The molecule has 1 amide bonds. The first-order valence-electron chi connectivity index (χ1n) is 11.0. The summed E-state index contributed by atoms with van der Waals surface area (Å²) in [7, 11) is -2.12. The number of carbonyl (C=O) groups excluding carboxylic acids is 1. The van der Waals surface area contributed by atoms with Gasteiger partial charge in [-0.15, -0.1) is 11.3 Å². The molecule has 1 atom stereocenters. The lowest BCUT2D eigenvalue weighted by atomic mass is 10.2. The average Bonchev–Trinajstić information content (AvgIpc) is 3.52. The third kappa shape index (κ3) is 5.64. The lowest BCUT2D eigenvalue weighted by Gasteiger charge is -2.20. The van der Waals surface area contributed by atoms with Gasteiger partial charge in [-0.1, -0.05) is 0 Å². The summed E-state index contributed by atoms with van der Waals surface area (Å²) in [6, 6.07) is 13.5. The Hall–Kier alpha value is -2.79. The highest BCUT2D eigenvalue weighted by atomic mass is 32.2. The molecule has 0 radical (unpaired) electrons. The summed E-state index contributed by atoms with van der Waals surface area (Å²) in [6.45, 7) is 3.51. The van der Waals surface area contributed by atoms with Crippen LogP contribution in [0.3, 0.4) is 0 Å². The number of ether oxygens (including phenoxy) is 2. The number of nitrogens with zero attached hydrogens (tertiary/aromatic N) is 2. The van der Waals surface area contributed by atoms with Crippen molar-refractivity contribution < 1.29 is 22.7 Å². The Balaban J connectivity index is 1.39. The van der Waals surface area contributed by atoms with Crippen molar-refractivity contribution in [3.05, 3.63) is 59.5 Å². The van der Waals surface area contributed by atoms with Crippen molar-refractivity contribution >= 4 is 32.4 Å². The summed E-state index contributed by atoms with van der Waals surface area (Å²) >= 11 is 1.32. The molecule has 10 heteroatoms. The van der Waals surface area contributed by atoms with E-state index in [4.69, 9.17) is 9.47 Å². The van der Waals surface area contributed by atoms with E-state index < -0.39 is 10.0 Å². The summed E-state index contributed by atoms with van der Waals surface area (Å²) in [5.74, 6) is 0.433. The van der Waals surface area contributed by atoms with Crippen LogP contribution in [0, 0.1) is 0 Å². The summed E-state index contributed by atoms with van der Waals surface area (Å²) in [6.07, 6.45) is 1.73. The Morgan fingerprint density at radius 3 is 2.59 bits per heavy atom. The minimum atomic E-state index is -3.66. The van der Waals surface area contributed by atoms with E-state index in [-0.39, 0.29) is 16.9 Å². The molecule has 1 N–H and O–H groups in total. The van der Waals surface area contributed by atoms with Crippen molar-refractivity contribution in [1.82, 2.24) is 9.29 Å². The van der Waals surface area contributed by atoms with E-state index in [0.717, 1.165) is 29.8 Å². The fraction of sp³-hybridized carbons (Fsp3) is 0.333. The number of sulfonamides is 1. The van der Waals surface area contributed by atoms with Gasteiger partial charge in [-0.25, -0.2) is 13.4 Å². The van der Waals surface area contributed by atoms with Gasteiger partial charge in [0, 0.05) is 36.7 Å². The zero-order valence-electron chi connectivity index (χ0n) is 19.1. The molecule has 1 saturated heterocycles. The van der Waals surface area contributed by atoms with Gasteiger partial charge in [-0.2, -0.15) is 4.31 Å². The summed E-state index contributed by atoms with van der Waals surface area (Å²) in [5, 5.41) is 5.10. The number of nitrogens with one attached hydrogen (secondary N) is 1. The van der Waals surface area contributed by atoms with Crippen LogP contribution in [-0.2, 0) is 14.8 Å². The highest BCUT2D eigenvalue weighted by molar-refractivity contribution is 7.89. The molecule has 0 bridgehead atoms. The van der Waals surface area contributed by atoms with Crippen molar-refractivity contribution in [3.63, 3.8) is 0 Å². The smallest absolute Gasteiger partial charge is 0.257 e. The molecule has 0 saturated carbocycles. The number of amides is 1. The number of likely N-dealkylation sites (N-methyl/N-ethyl adjacent to an activating group) is 1. The average molecular weight is 502 g/mol. The van der Waals surface area contributed by atoms with E-state index in [1.807, 2.05) is 36.6 Å². The van der Waals surface area contributed by atoms with Crippen LogP contribution in [0.5, 0.6) is 5.75 Å². The summed E-state index contributed by atoms with van der Waals surface area (Å²) in [5.41, 5.74) is 2.01. The number of hydrogen-bond acceptors (Lipinski definition) is 7. The maximum atomic E-state index is 12.8. The first-order chi connectivity index (χ1) is 16.4. The monoisotopic (exact) mass is 501 g/mol. The Labute approximate surface area is 203 Å². The molecular formula is C24H27N3O5S2. The van der Waals surface area contributed by atoms with Gasteiger partial charge in [0.25, 0.3) is 5.91 Å². The van der Waals surface area contributed by atoms with Gasteiger partial charge in [-0.3, -0.25) is 10.1 Å². The van der Waals surface area contributed by atoms with Crippen LogP contribution < -0.4 is 10.1 Å². The summed E-state index contributed by atoms with van der Waals surface area (Å²) in [4.78, 5) is 17.3. The topological polar surface area (TPSA) is 97.8 Å². The van der Waals surface area contributed by atoms with Gasteiger partial charge in [0.15, 0.2) is 5.13 Å². The van der Waals surface area contributed by atoms with E-state index >= 15 is 0 Å². The second-order valence-corrected chi connectivity index (χ2v) is 10.8. The first kappa shape index (κ1) is 24.3. The number of anilines is 1. The Morgan fingerprint density at radius 1 is 1.21 bits per heavy atom. The molecule has 34 heavy (non-hydrogen) atoms. The molecule has 3 aromatic rings. The first-order valence-corrected chi connectivity index (χ1v) is 13.4. The van der Waals surface area contributed by atoms with Gasteiger partial charge in [0.05, 0.1) is 23.3 Å². The fourth-order valence-corrected chi connectivity index (χ4v) is 5.57. The van der Waals surface area contributed by atoms with Crippen molar-refractivity contribution in [2.45, 2.75) is 30.8 Å². The number of carbonyl (C=O) groups is 1. The number of benzene rings is 2. The van der Waals surface area contributed by atoms with E-state index in [1.54, 1.807) is 7.05 Å². The van der Waals surface area contributed by atoms with Crippen molar-refractivity contribution in [2.24, 2.45) is 0 Å². The molecule has 1 aliphatic rings. The number of thiazole rings is 1. The Bertz CT molecular complexity index is 1220. The molecule has 180 valence electrons. The summed E-state index contributed by atoms with van der Waals surface area (Å²) < 4.78 is 38.0. The molecule has 0 aliphatic carbocycles. The third-order valence-corrected chi connectivity index (χ3v) is 8.09. The number of hydrogen-bond donors (Lipinski definition) is 1. The molecule has 2 heterocycles. The quantitative estimate of drug-likeness (QED) is 0.471. The third-order valence-electron chi connectivity index (χ3n) is 5.50. The molecule has 1 fully saturated rings. The molecule has 2 aromatic carbocycles. The zero-order valence-corrected chi connectivity index (χ0v) is 20.7. The predicted molar refractivity (Wildman–Crippen MR) is 132 cm³/mol. The Kier molecular flexibility index (Phi) is 7.62. The molecule has 1 unspecified atom stereocenters. The van der Waals surface area contributed by atoms with Gasteiger partial charge in [-0.05, 0) is 68.3 Å². The van der Waals surface area contributed by atoms with Crippen LogP contribution in [0.1, 0.15) is 30.1 Å². The van der Waals surface area contributed by atoms with E-state index in [2.05, 4.69) is 10.3 Å². The minimum absolute atomic E-state index is 0.0735. The Morgan fingerprint density at radius 2 is 1.94 bits per heavy atom. The van der Waals surface area contributed by atoms with E-state index in [1.165, 1.54) is 39.9 Å². The second-order valence-electron chi connectivity index (χ2n) is 7.89. The van der Waals surface area contributed by atoms with E-state index in [9.17, 15) is 13.2 Å². The molecule has 1 aromatic heterocycles. The normalized spacial score (nSPS) is 16.0. The number of rotatable bonds is 9. The largest absolute Gasteiger partial charge is 0.494 e. The van der Waals surface area contributed by atoms with Gasteiger partial charge >= 0.3 is 0 Å². The van der Waals surface area contributed by atoms with Gasteiger partial charge in [0.1, 0.15) is 5.75 Å². The highest BCUT2D eigenvalue weighted by Gasteiger charge is 2.26. The van der Waals surface area contributed by atoms with Gasteiger partial charge < -0.3 is 9.47 Å². The maximum absolute atomic E-state index is 12.8. The zero-order chi connectivity index (χ0) is 24.1. The molecule has 8 nitrogen and oxygen atoms in total. The maximum Gasteiger partial charge on any atom is 0.257 e. The second kappa shape index (κ2) is 10.6. The van der Waals surface area contributed by atoms with Crippen LogP contribution in [0.2, 0.25) is 0 Å².